The van der Waals surface area contributed by atoms with E-state index in [1.165, 1.54) is 40.3 Å². The molecule has 0 saturated carbocycles. The SMILES string of the molecule is COC(=O)CCc1cc(C(=O)c2c(Cl)c(Cl)c(Cl)c(Cl)c2C(=O)O)c(O)c(Cl)c1O.CS(=O)(=O)O.O=C(O)CCc1cc2c(c(Cl)c1O)Oc1c(ccc3cc(O)ccc13)C21OC(=O)c2c(Cl)c(Cl)c(Cl)c(Cl)c21.O=C(P(F)P)C(F)(F)F.O=C1CCc2cc3c(c(Cl)c2O1)Oc1c(ccc2cc(O)ccc12)C31OC(=O)c2c(Cl)c(Cl)c(Cl)c(Cl)c21.Oc1ccc2c(O)cccc2c1. The van der Waals surface area contributed by atoms with Crippen LogP contribution < -0.4 is 14.2 Å². The number of carbonyl (C=O) groups is 8. The third kappa shape index (κ3) is 19.5. The van der Waals surface area contributed by atoms with Gasteiger partial charge in [0.2, 0.25) is 0 Å². The average molecular weight is 2190 g/mol. The first-order valence-corrected chi connectivity index (χ1v) is 47.0. The summed E-state index contributed by atoms with van der Waals surface area (Å²) in [6, 6.07) is 30.4. The Morgan fingerprint density at radius 2 is 0.895 bits per heavy atom. The summed E-state index contributed by atoms with van der Waals surface area (Å²) in [5.74, 6) is -7.02. The molecule has 0 amide bonds. The number of fused-ring (bicyclic) bond motifs is 18. The number of esters is 4. The number of alkyl halides is 3. The minimum Gasteiger partial charge on any atom is -0.508 e. The molecule has 5 aliphatic heterocycles. The number of aromatic carboxylic acids is 1. The summed E-state index contributed by atoms with van der Waals surface area (Å²) >= 11 is 95.3. The van der Waals surface area contributed by atoms with Gasteiger partial charge in [-0.15, -0.1) is 0 Å². The van der Waals surface area contributed by atoms with Gasteiger partial charge in [0.25, 0.3) is 15.6 Å². The maximum Gasteiger partial charge on any atom is 0.457 e. The minimum absolute atomic E-state index is 0.0148. The van der Waals surface area contributed by atoms with Gasteiger partial charge in [-0.1, -0.05) is 207 Å². The zero-order chi connectivity index (χ0) is 98.3. The van der Waals surface area contributed by atoms with Crippen LogP contribution in [0.5, 0.6) is 69.0 Å². The van der Waals surface area contributed by atoms with Crippen LogP contribution in [0.2, 0.25) is 75.3 Å². The highest BCUT2D eigenvalue weighted by Crippen LogP contribution is 2.67. The van der Waals surface area contributed by atoms with Gasteiger partial charge in [-0.25, -0.2) is 18.6 Å². The second-order valence-corrected chi connectivity index (χ2v) is 37.9. The van der Waals surface area contributed by atoms with Gasteiger partial charge in [0.05, 0.1) is 108 Å². The van der Waals surface area contributed by atoms with Crippen molar-refractivity contribution in [1.82, 2.24) is 0 Å². The largest absolute Gasteiger partial charge is 0.508 e. The first-order valence-electron chi connectivity index (χ1n) is 36.7. The van der Waals surface area contributed by atoms with E-state index in [1.807, 2.05) is 6.07 Å². The highest BCUT2D eigenvalue weighted by atomic mass is 35.5. The molecule has 12 aromatic carbocycles. The van der Waals surface area contributed by atoms with Crippen LogP contribution in [0.1, 0.15) is 116 Å². The lowest BCUT2D eigenvalue weighted by Crippen LogP contribution is -2.34. The Balaban J connectivity index is 0.000000159. The van der Waals surface area contributed by atoms with Crippen LogP contribution in [-0.4, -0.2) is 126 Å². The average Bonchev–Trinajstić information content (AvgIpc) is 1.57. The second-order valence-electron chi connectivity index (χ2n) is 28.4. The number of halogens is 19. The molecule has 0 radical (unpaired) electrons. The molecule has 4 atom stereocenters. The number of phenols is 7. The van der Waals surface area contributed by atoms with Gasteiger partial charge in [0.15, 0.2) is 42.2 Å². The Kier molecular flexibility index (Phi) is 30.6. The van der Waals surface area contributed by atoms with Gasteiger partial charge >= 0.3 is 42.0 Å². The van der Waals surface area contributed by atoms with E-state index in [0.717, 1.165) is 16.8 Å². The fourth-order valence-electron chi connectivity index (χ4n) is 14.5. The molecular weight excluding hydrogens is 2140 g/mol. The number of ether oxygens (including phenoxy) is 6. The van der Waals surface area contributed by atoms with Crippen LogP contribution in [0.4, 0.5) is 17.4 Å². The van der Waals surface area contributed by atoms with Gasteiger partial charge < -0.3 is 74.4 Å². The van der Waals surface area contributed by atoms with Crippen molar-refractivity contribution in [3.63, 3.8) is 0 Å². The number of benzene rings is 12. The Hall–Kier alpha value is -9.38. The summed E-state index contributed by atoms with van der Waals surface area (Å²) < 4.78 is 106. The maximum atomic E-state index is 13.5. The van der Waals surface area contributed by atoms with Crippen LogP contribution in [-0.2, 0) is 74.0 Å². The standard InChI is InChI=1S/C27H13Cl5O7.C27H11Cl5O6.C18H11Cl5O7.C10H8O2.C2H2F4OP2.CH4O3S/c28-18-16-17(19(29)21(31)20(18)30)27(39-26(16)37)13-5-1-9-7-11(33)3-4-12(9)24(13)38-25-14(27)8-10(2-6-15(34)35)23(36)22(25)32;28-18-16-17(19(29)21(31)20(18)30)27(38-26(16)35)13-5-1-9-7-11(33)3-4-12(9)24(13)37-25-14(27)8-10-2-6-15(34)36-23(10)22(25)32;1-30-7(24)3-2-5-4-6(17(27)14(23)15(5)25)16(26)8-9(18(28)29)11(20)13(22)12(21)10(8)19;11-8-4-5-9-7(6-8)2-1-3-10(9)12;3-2(4,5)1(7)9(6)8;1-5(2,3)4/h1,3-5,7-8,33,36H,2,6H2,(H,34,35);1,3-5,7-8,33H,2,6H2;4,25,27H,2-3H2,1H3,(H,28,29);1-6,11-12H;8H2;1H3,(H,2,3,4). The lowest BCUT2D eigenvalue weighted by atomic mass is 9.76. The topological polar surface area (TPSA) is 428 Å². The zero-order valence-electron chi connectivity index (χ0n) is 65.8. The summed E-state index contributed by atoms with van der Waals surface area (Å²) in [6.07, 6.45) is -4.49. The van der Waals surface area contributed by atoms with E-state index < -0.39 is 132 Å². The van der Waals surface area contributed by atoms with Gasteiger partial charge in [-0.2, -0.15) is 21.6 Å². The minimum atomic E-state index is -5.03. The van der Waals surface area contributed by atoms with Crippen molar-refractivity contribution in [2.24, 2.45) is 0 Å². The first-order chi connectivity index (χ1) is 62.2. The van der Waals surface area contributed by atoms with Crippen molar-refractivity contribution in [2.45, 2.75) is 55.9 Å². The molecule has 26 nitrogen and oxygen atoms in total. The summed E-state index contributed by atoms with van der Waals surface area (Å²) in [6.45, 7) is 0. The number of aromatic hydroxyl groups is 7. The molecule has 5 heterocycles. The van der Waals surface area contributed by atoms with E-state index in [-0.39, 0.29) is 183 Å². The van der Waals surface area contributed by atoms with Crippen LogP contribution in [0.3, 0.4) is 0 Å². The molecule has 10 N–H and O–H groups in total. The van der Waals surface area contributed by atoms with Crippen LogP contribution in [0.25, 0.3) is 32.3 Å². The van der Waals surface area contributed by atoms with E-state index in [1.54, 1.807) is 78.9 Å². The quantitative estimate of drug-likeness (QED) is 0.00699. The molecule has 4 unspecified atom stereocenters. The number of carbonyl (C=O) groups excluding carboxylic acids is 6. The lowest BCUT2D eigenvalue weighted by molar-refractivity contribution is -0.161. The van der Waals surface area contributed by atoms with Crippen LogP contribution >= 0.6 is 191 Å². The molecule has 0 fully saturated rings. The number of aryl methyl sites for hydroxylation is 3. The number of carboxylic acids is 2. The van der Waals surface area contributed by atoms with E-state index >= 15 is 0 Å². The summed E-state index contributed by atoms with van der Waals surface area (Å²) in [4.78, 5) is 96.2. The number of rotatable bonds is 10. The normalized spacial score (nSPS) is 15.2. The van der Waals surface area contributed by atoms with Crippen LogP contribution in [0, 0.1) is 0 Å². The molecular formula is C85H49Cl15F4O26P2S. The molecule has 0 saturated heterocycles. The number of hydrogen-bond donors (Lipinski definition) is 10. The van der Waals surface area contributed by atoms with E-state index in [4.69, 9.17) is 207 Å². The monoisotopic (exact) mass is 2180 g/mol. The second kappa shape index (κ2) is 39.7. The predicted octanol–water partition coefficient (Wildman–Crippen LogP) is 25.7. The first kappa shape index (κ1) is 103. The Morgan fingerprint density at radius 1 is 0.474 bits per heavy atom. The van der Waals surface area contributed by atoms with Gasteiger partial charge in [-0.3, -0.25) is 28.5 Å². The highest BCUT2D eigenvalue weighted by molar-refractivity contribution is 8.19. The fraction of sp³-hybridized carbons (Fsp3) is 0.129. The molecule has 5 aliphatic rings. The number of hydrogen-bond acceptors (Lipinski definition) is 23. The van der Waals surface area contributed by atoms with E-state index in [0.29, 0.717) is 56.5 Å². The molecule has 2 spiro atoms. The van der Waals surface area contributed by atoms with Crippen molar-refractivity contribution in [3.8, 4) is 69.0 Å². The molecule has 0 aromatic heterocycles. The van der Waals surface area contributed by atoms with Crippen molar-refractivity contribution < 1.29 is 143 Å². The summed E-state index contributed by atoms with van der Waals surface area (Å²) in [5.41, 5.74) is -5.48. The predicted molar refractivity (Wildman–Crippen MR) is 495 cm³/mol. The Morgan fingerprint density at radius 3 is 1.35 bits per heavy atom. The maximum absolute atomic E-state index is 13.5. The van der Waals surface area contributed by atoms with Crippen molar-refractivity contribution in [1.29, 1.82) is 0 Å². The number of methoxy groups -OCH3 is 1. The number of ketones is 1. The molecule has 133 heavy (non-hydrogen) atoms. The number of phenolic OH excluding ortho intramolecular Hbond substituents is 7. The van der Waals surface area contributed by atoms with Crippen molar-refractivity contribution >= 4 is 280 Å². The number of aliphatic carboxylic acids is 1. The summed E-state index contributed by atoms with van der Waals surface area (Å²) in [5, 5.41) is 89.2. The van der Waals surface area contributed by atoms with Crippen molar-refractivity contribution in [2.75, 3.05) is 13.4 Å². The lowest BCUT2D eigenvalue weighted by Gasteiger charge is -2.38. The molecule has 694 valence electrons. The molecule has 12 aromatic rings. The van der Waals surface area contributed by atoms with E-state index in [9.17, 15) is 105 Å². The Bertz CT molecular complexity index is 7210. The smallest absolute Gasteiger partial charge is 0.457 e. The third-order valence-corrected chi connectivity index (χ3v) is 28.1. The highest BCUT2D eigenvalue weighted by Gasteiger charge is 2.60. The zero-order valence-corrected chi connectivity index (χ0v) is 80.0. The molecule has 48 heteroatoms. The van der Waals surface area contributed by atoms with Crippen molar-refractivity contribution in [3.05, 3.63) is 268 Å². The molecule has 17 rings (SSSR count). The third-order valence-electron chi connectivity index (χ3n) is 20.3. The Labute approximate surface area is 823 Å². The van der Waals surface area contributed by atoms with Crippen LogP contribution in [0.15, 0.2) is 115 Å². The van der Waals surface area contributed by atoms with Gasteiger partial charge in [-0.05, 0) is 143 Å². The van der Waals surface area contributed by atoms with Gasteiger partial charge in [0, 0.05) is 62.4 Å². The molecule has 0 aliphatic carbocycles. The molecule has 0 bridgehead atoms. The summed E-state index contributed by atoms with van der Waals surface area (Å²) in [7, 11) is -4.40. The number of carboxylic acid groups (broad SMARTS) is 2. The fourth-order valence-corrected chi connectivity index (χ4v) is 19.1. The van der Waals surface area contributed by atoms with Gasteiger partial charge in [0.1, 0.15) is 66.8 Å². The van der Waals surface area contributed by atoms with E-state index in [2.05, 4.69) is 4.74 Å².